The Morgan fingerprint density at radius 3 is 2.20 bits per heavy atom. The second-order valence-corrected chi connectivity index (χ2v) is 6.49. The number of nitrogens with one attached hydrogen (secondary N) is 1. The van der Waals surface area contributed by atoms with Gasteiger partial charge in [0, 0.05) is 10.6 Å². The molecular formula is C22H15ClN2O5. The molecule has 150 valence electrons. The van der Waals surface area contributed by atoms with Gasteiger partial charge in [0.1, 0.15) is 5.75 Å². The van der Waals surface area contributed by atoms with Crippen LogP contribution in [0.1, 0.15) is 36.6 Å². The lowest BCUT2D eigenvalue weighted by atomic mass is 10.1. The molecule has 0 atom stereocenters. The lowest BCUT2D eigenvalue weighted by molar-refractivity contribution is 0.0694. The highest BCUT2D eigenvalue weighted by atomic mass is 35.5. The van der Waals surface area contributed by atoms with Gasteiger partial charge in [-0.25, -0.2) is 15.0 Å². The van der Waals surface area contributed by atoms with Crippen LogP contribution in [0.2, 0.25) is 5.02 Å². The van der Waals surface area contributed by atoms with E-state index in [2.05, 4.69) is 10.5 Å². The molecule has 0 saturated heterocycles. The summed E-state index contributed by atoms with van der Waals surface area (Å²) in [7, 11) is 0. The Hall–Kier alpha value is -3.97. The Morgan fingerprint density at radius 2 is 1.57 bits per heavy atom. The Kier molecular flexibility index (Phi) is 6.56. The molecule has 30 heavy (non-hydrogen) atoms. The molecule has 3 rings (SSSR count). The highest BCUT2D eigenvalue weighted by molar-refractivity contribution is 6.30. The van der Waals surface area contributed by atoms with E-state index in [1.165, 1.54) is 36.5 Å². The Labute approximate surface area is 176 Å². The molecule has 0 aliphatic heterocycles. The van der Waals surface area contributed by atoms with Gasteiger partial charge in [-0.2, -0.15) is 5.10 Å². The van der Waals surface area contributed by atoms with Crippen molar-refractivity contribution < 1.29 is 24.2 Å². The molecule has 2 N–H and O–H groups in total. The van der Waals surface area contributed by atoms with Crippen LogP contribution in [0.25, 0.3) is 0 Å². The van der Waals surface area contributed by atoms with Crippen LogP contribution in [0.3, 0.4) is 0 Å². The predicted molar refractivity (Wildman–Crippen MR) is 111 cm³/mol. The zero-order chi connectivity index (χ0) is 21.5. The summed E-state index contributed by atoms with van der Waals surface area (Å²) in [6, 6.07) is 18.4. The lowest BCUT2D eigenvalue weighted by Crippen LogP contribution is -2.17. The SMILES string of the molecule is O=C(O)c1ccc(C(=O)N/N=C/c2ccc(OC(=O)c3cccc(Cl)c3)cc2)cc1. The maximum absolute atomic E-state index is 12.1. The second kappa shape index (κ2) is 9.49. The predicted octanol–water partition coefficient (Wildman–Crippen LogP) is 4.02. The zero-order valence-electron chi connectivity index (χ0n) is 15.4. The fourth-order valence-electron chi connectivity index (χ4n) is 2.40. The van der Waals surface area contributed by atoms with Crippen molar-refractivity contribution in [3.8, 4) is 5.75 Å². The largest absolute Gasteiger partial charge is 0.478 e. The molecule has 0 aliphatic carbocycles. The van der Waals surface area contributed by atoms with E-state index in [4.69, 9.17) is 21.4 Å². The van der Waals surface area contributed by atoms with Gasteiger partial charge in [-0.3, -0.25) is 4.79 Å². The smallest absolute Gasteiger partial charge is 0.343 e. The van der Waals surface area contributed by atoms with Crippen LogP contribution >= 0.6 is 11.6 Å². The summed E-state index contributed by atoms with van der Waals surface area (Å²) in [5.41, 5.74) is 3.73. The number of aromatic carboxylic acids is 1. The number of esters is 1. The monoisotopic (exact) mass is 422 g/mol. The third kappa shape index (κ3) is 5.52. The maximum Gasteiger partial charge on any atom is 0.343 e. The number of benzene rings is 3. The van der Waals surface area contributed by atoms with Crippen molar-refractivity contribution in [3.63, 3.8) is 0 Å². The molecule has 0 bridgehead atoms. The van der Waals surface area contributed by atoms with E-state index in [1.807, 2.05) is 0 Å². The number of carbonyl (C=O) groups is 3. The van der Waals surface area contributed by atoms with Gasteiger partial charge in [-0.05, 0) is 72.3 Å². The Bertz CT molecular complexity index is 1110. The molecule has 3 aromatic carbocycles. The summed E-state index contributed by atoms with van der Waals surface area (Å²) in [4.78, 5) is 34.9. The number of carboxylic acids is 1. The fourth-order valence-corrected chi connectivity index (χ4v) is 2.59. The van der Waals surface area contributed by atoms with Crippen LogP contribution < -0.4 is 10.2 Å². The van der Waals surface area contributed by atoms with Gasteiger partial charge in [0.15, 0.2) is 0 Å². The van der Waals surface area contributed by atoms with Crippen molar-refractivity contribution in [3.05, 3.63) is 100 Å². The number of nitrogens with zero attached hydrogens (tertiary/aromatic N) is 1. The molecule has 3 aromatic rings. The molecule has 0 saturated carbocycles. The first-order valence-corrected chi connectivity index (χ1v) is 9.05. The van der Waals surface area contributed by atoms with Gasteiger partial charge in [-0.15, -0.1) is 0 Å². The van der Waals surface area contributed by atoms with Crippen LogP contribution in [0.5, 0.6) is 5.75 Å². The normalized spacial score (nSPS) is 10.6. The quantitative estimate of drug-likeness (QED) is 0.270. The Morgan fingerprint density at radius 1 is 0.900 bits per heavy atom. The van der Waals surface area contributed by atoms with Crippen LogP contribution in [0.15, 0.2) is 77.9 Å². The molecule has 8 heteroatoms. The molecule has 1 amide bonds. The highest BCUT2D eigenvalue weighted by Gasteiger charge is 2.09. The van der Waals surface area contributed by atoms with Gasteiger partial charge < -0.3 is 9.84 Å². The number of ether oxygens (including phenoxy) is 1. The third-order valence-corrected chi connectivity index (χ3v) is 4.16. The summed E-state index contributed by atoms with van der Waals surface area (Å²) < 4.78 is 5.28. The summed E-state index contributed by atoms with van der Waals surface area (Å²) in [6.45, 7) is 0. The van der Waals surface area contributed by atoms with Gasteiger partial charge in [0.25, 0.3) is 5.91 Å². The molecule has 0 radical (unpaired) electrons. The van der Waals surface area contributed by atoms with Gasteiger partial charge in [-0.1, -0.05) is 17.7 Å². The average molecular weight is 423 g/mol. The van der Waals surface area contributed by atoms with E-state index in [-0.39, 0.29) is 11.1 Å². The average Bonchev–Trinajstić information content (AvgIpc) is 2.75. The van der Waals surface area contributed by atoms with Crippen LogP contribution in [0.4, 0.5) is 0 Å². The van der Waals surface area contributed by atoms with Crippen molar-refractivity contribution in [2.24, 2.45) is 5.10 Å². The van der Waals surface area contributed by atoms with Crippen molar-refractivity contribution in [2.75, 3.05) is 0 Å². The number of rotatable bonds is 6. The van der Waals surface area contributed by atoms with E-state index < -0.39 is 17.8 Å². The first-order chi connectivity index (χ1) is 14.4. The minimum absolute atomic E-state index is 0.0891. The molecule has 0 unspecified atom stereocenters. The molecule has 7 nitrogen and oxygen atoms in total. The second-order valence-electron chi connectivity index (χ2n) is 6.05. The van der Waals surface area contributed by atoms with Crippen molar-refractivity contribution >= 4 is 35.7 Å². The lowest BCUT2D eigenvalue weighted by Gasteiger charge is -2.05. The van der Waals surface area contributed by atoms with E-state index in [0.29, 0.717) is 21.9 Å². The number of halogens is 1. The van der Waals surface area contributed by atoms with Crippen LogP contribution in [-0.4, -0.2) is 29.2 Å². The number of carbonyl (C=O) groups excluding carboxylic acids is 2. The molecule has 0 heterocycles. The van der Waals surface area contributed by atoms with Crippen LogP contribution in [0, 0.1) is 0 Å². The molecule has 0 fully saturated rings. The Balaban J connectivity index is 1.56. The first kappa shape index (κ1) is 20.8. The van der Waals surface area contributed by atoms with E-state index in [9.17, 15) is 14.4 Å². The minimum atomic E-state index is -1.07. The molecule has 0 aliphatic rings. The topological polar surface area (TPSA) is 105 Å². The fraction of sp³-hybridized carbons (Fsp3) is 0. The summed E-state index contributed by atoms with van der Waals surface area (Å²) >= 11 is 5.87. The minimum Gasteiger partial charge on any atom is -0.478 e. The van der Waals surface area contributed by atoms with Crippen molar-refractivity contribution in [2.45, 2.75) is 0 Å². The molecular weight excluding hydrogens is 408 g/mol. The van der Waals surface area contributed by atoms with E-state index in [1.54, 1.807) is 42.5 Å². The van der Waals surface area contributed by atoms with Gasteiger partial charge in [0.2, 0.25) is 0 Å². The van der Waals surface area contributed by atoms with Crippen molar-refractivity contribution in [1.82, 2.24) is 5.43 Å². The summed E-state index contributed by atoms with van der Waals surface area (Å²) in [5.74, 6) is -1.73. The third-order valence-electron chi connectivity index (χ3n) is 3.92. The maximum atomic E-state index is 12.1. The van der Waals surface area contributed by atoms with E-state index in [0.717, 1.165) is 0 Å². The number of amides is 1. The standard InChI is InChI=1S/C22H15ClN2O5/c23-18-3-1-2-17(12-18)22(29)30-19-10-4-14(5-11-19)13-24-25-20(26)15-6-8-16(9-7-15)21(27)28/h1-13H,(H,25,26)(H,27,28)/b24-13+. The number of carboxylic acid groups (broad SMARTS) is 1. The summed E-state index contributed by atoms with van der Waals surface area (Å²) in [5, 5.41) is 13.2. The van der Waals surface area contributed by atoms with E-state index >= 15 is 0 Å². The van der Waals surface area contributed by atoms with Gasteiger partial charge in [0.05, 0.1) is 17.3 Å². The molecule has 0 spiro atoms. The number of hydrazone groups is 1. The number of hydrogen-bond acceptors (Lipinski definition) is 5. The summed E-state index contributed by atoms with van der Waals surface area (Å²) in [6.07, 6.45) is 1.42. The van der Waals surface area contributed by atoms with Crippen molar-refractivity contribution in [1.29, 1.82) is 0 Å². The highest BCUT2D eigenvalue weighted by Crippen LogP contribution is 2.16. The number of hydrogen-bond donors (Lipinski definition) is 2. The van der Waals surface area contributed by atoms with Crippen LogP contribution in [-0.2, 0) is 0 Å². The van der Waals surface area contributed by atoms with Gasteiger partial charge >= 0.3 is 11.9 Å². The first-order valence-electron chi connectivity index (χ1n) is 8.67. The molecule has 0 aromatic heterocycles. The zero-order valence-corrected chi connectivity index (χ0v) is 16.2.